The topological polar surface area (TPSA) is 29.5 Å². The van der Waals surface area contributed by atoms with Gasteiger partial charge >= 0.3 is 0 Å². The van der Waals surface area contributed by atoms with E-state index in [4.69, 9.17) is 27.6 Å². The zero-order chi connectivity index (χ0) is 22.1. The van der Waals surface area contributed by atoms with Crippen LogP contribution in [0.2, 0.25) is 15.1 Å². The average Bonchev–Trinajstić information content (AvgIpc) is 3.02. The molecular formula is C24H37Cl2NO2Si. The molecule has 0 bridgehead atoms. The molecule has 1 unspecified atom stereocenters. The number of carbonyl (C=O) groups is 1. The van der Waals surface area contributed by atoms with E-state index in [-0.39, 0.29) is 11.5 Å². The summed E-state index contributed by atoms with van der Waals surface area (Å²) in [6.07, 6.45) is 6.10. The van der Waals surface area contributed by atoms with Crippen LogP contribution in [0.3, 0.4) is 0 Å². The van der Waals surface area contributed by atoms with E-state index in [1.165, 1.54) is 0 Å². The highest BCUT2D eigenvalue weighted by atomic mass is 35.5. The molecule has 0 aromatic heterocycles. The molecule has 1 aromatic rings. The number of hydrogen-bond acceptors (Lipinski definition) is 2. The molecule has 0 radical (unpaired) electrons. The number of rotatable bonds is 6. The molecule has 2 aliphatic rings. The van der Waals surface area contributed by atoms with Gasteiger partial charge in [0.15, 0.2) is 9.76 Å². The van der Waals surface area contributed by atoms with Crippen LogP contribution in [0, 0.1) is 11.8 Å². The minimum Gasteiger partial charge on any atom is -0.418 e. The highest BCUT2D eigenvalue weighted by Gasteiger charge is 2.40. The molecule has 30 heavy (non-hydrogen) atoms. The first-order chi connectivity index (χ1) is 14.0. The molecule has 1 saturated heterocycles. The van der Waals surface area contributed by atoms with Gasteiger partial charge in [-0.1, -0.05) is 50.0 Å². The van der Waals surface area contributed by atoms with Gasteiger partial charge in [-0.2, -0.15) is 0 Å². The van der Waals surface area contributed by atoms with Gasteiger partial charge in [-0.3, -0.25) is 4.79 Å². The number of hydrogen-bond donors (Lipinski definition) is 0. The molecule has 3 rings (SSSR count). The lowest BCUT2D eigenvalue weighted by atomic mass is 9.77. The molecule has 1 aliphatic heterocycles. The second kappa shape index (κ2) is 9.52. The SMILES string of the molecule is CC(C)(C)[SiH2]OC(C)(C)C1CCC(N2CCC(Cc3ccc(Cl)cc3Cl)C2=O)CC1. The highest BCUT2D eigenvalue weighted by Crippen LogP contribution is 2.39. The van der Waals surface area contributed by atoms with Crippen molar-refractivity contribution in [3.05, 3.63) is 33.8 Å². The fraction of sp³-hybridized carbons (Fsp3) is 0.708. The number of carbonyl (C=O) groups excluding carboxylic acids is 1. The molecule has 1 amide bonds. The first kappa shape index (κ1) is 24.1. The Kier molecular flexibility index (Phi) is 7.65. The summed E-state index contributed by atoms with van der Waals surface area (Å²) in [4.78, 5) is 15.3. The van der Waals surface area contributed by atoms with Crippen molar-refractivity contribution in [2.24, 2.45) is 11.8 Å². The van der Waals surface area contributed by atoms with Crippen LogP contribution in [-0.4, -0.2) is 38.8 Å². The number of benzene rings is 1. The Morgan fingerprint density at radius 3 is 2.33 bits per heavy atom. The standard InChI is InChI=1S/C24H37Cl2NO2Si/c1-23(2,3)30-29-24(4,5)18-7-10-20(11-8-18)27-13-12-17(22(27)28)14-16-6-9-19(25)15-21(16)26/h6,9,15,17-18,20H,7-8,10-14,30H2,1-5H3. The van der Waals surface area contributed by atoms with Gasteiger partial charge < -0.3 is 9.33 Å². The second-order valence-corrected chi connectivity index (χ2v) is 14.5. The number of amides is 1. The van der Waals surface area contributed by atoms with Crippen LogP contribution >= 0.6 is 23.2 Å². The smallest absolute Gasteiger partial charge is 0.226 e. The zero-order valence-electron chi connectivity index (χ0n) is 19.1. The maximum absolute atomic E-state index is 13.1. The number of nitrogens with zero attached hydrogens (tertiary/aromatic N) is 1. The lowest BCUT2D eigenvalue weighted by Gasteiger charge is -2.42. The van der Waals surface area contributed by atoms with Gasteiger partial charge in [0.05, 0.1) is 5.60 Å². The molecule has 168 valence electrons. The summed E-state index contributed by atoms with van der Waals surface area (Å²) in [6, 6.07) is 5.96. The Morgan fingerprint density at radius 1 is 1.07 bits per heavy atom. The van der Waals surface area contributed by atoms with E-state index >= 15 is 0 Å². The monoisotopic (exact) mass is 469 g/mol. The van der Waals surface area contributed by atoms with E-state index in [1.807, 2.05) is 12.1 Å². The first-order valence-electron chi connectivity index (χ1n) is 11.3. The lowest BCUT2D eigenvalue weighted by molar-refractivity contribution is -0.133. The summed E-state index contributed by atoms with van der Waals surface area (Å²) in [5.41, 5.74) is 0.972. The van der Waals surface area contributed by atoms with Crippen molar-refractivity contribution in [1.82, 2.24) is 4.90 Å². The predicted molar refractivity (Wildman–Crippen MR) is 129 cm³/mol. The summed E-state index contributed by atoms with van der Waals surface area (Å²) in [5, 5.41) is 1.62. The van der Waals surface area contributed by atoms with Crippen LogP contribution in [0.25, 0.3) is 0 Å². The van der Waals surface area contributed by atoms with Crippen LogP contribution in [-0.2, 0) is 15.6 Å². The Balaban J connectivity index is 1.53. The maximum atomic E-state index is 13.1. The molecule has 1 saturated carbocycles. The van der Waals surface area contributed by atoms with Crippen LogP contribution < -0.4 is 0 Å². The first-order valence-corrected chi connectivity index (χ1v) is 13.4. The number of likely N-dealkylation sites (tertiary alicyclic amines) is 1. The molecule has 1 aromatic carbocycles. The second-order valence-electron chi connectivity index (χ2n) is 10.9. The quantitative estimate of drug-likeness (QED) is 0.475. The molecule has 0 spiro atoms. The Morgan fingerprint density at radius 2 is 1.73 bits per heavy atom. The molecule has 6 heteroatoms. The third-order valence-electron chi connectivity index (χ3n) is 6.83. The van der Waals surface area contributed by atoms with E-state index in [0.717, 1.165) is 44.2 Å². The largest absolute Gasteiger partial charge is 0.418 e. The molecule has 1 atom stereocenters. The Hall–Kier alpha value is -0.553. The summed E-state index contributed by atoms with van der Waals surface area (Å²) in [6.45, 7) is 12.2. The average molecular weight is 471 g/mol. The van der Waals surface area contributed by atoms with Gasteiger partial charge in [-0.05, 0) is 81.0 Å². The van der Waals surface area contributed by atoms with Crippen molar-refractivity contribution in [3.63, 3.8) is 0 Å². The van der Waals surface area contributed by atoms with Gasteiger partial charge in [-0.25, -0.2) is 0 Å². The fourth-order valence-corrected chi connectivity index (χ4v) is 6.40. The lowest BCUT2D eigenvalue weighted by Crippen LogP contribution is -2.45. The molecule has 1 heterocycles. The summed E-state index contributed by atoms with van der Waals surface area (Å²) < 4.78 is 6.45. The van der Waals surface area contributed by atoms with Gasteiger partial charge in [0.2, 0.25) is 5.91 Å². The minimum absolute atomic E-state index is 0.0407. The minimum atomic E-state index is -0.561. The molecular weight excluding hydrogens is 433 g/mol. The molecule has 2 fully saturated rings. The van der Waals surface area contributed by atoms with Crippen molar-refractivity contribution in [2.45, 2.75) is 89.8 Å². The normalized spacial score (nSPS) is 26.2. The van der Waals surface area contributed by atoms with E-state index in [0.29, 0.717) is 39.4 Å². The third kappa shape index (κ3) is 6.03. The molecule has 0 N–H and O–H groups in total. The molecule has 3 nitrogen and oxygen atoms in total. The fourth-order valence-electron chi connectivity index (χ4n) is 4.87. The summed E-state index contributed by atoms with van der Waals surface area (Å²) >= 11 is 12.3. The van der Waals surface area contributed by atoms with Crippen LogP contribution in [0.4, 0.5) is 0 Å². The van der Waals surface area contributed by atoms with Crippen molar-refractivity contribution in [2.75, 3.05) is 6.54 Å². The van der Waals surface area contributed by atoms with Crippen molar-refractivity contribution in [3.8, 4) is 0 Å². The predicted octanol–water partition coefficient (Wildman–Crippen LogP) is 6.04. The zero-order valence-corrected chi connectivity index (χ0v) is 22.1. The Labute approximate surface area is 194 Å². The van der Waals surface area contributed by atoms with Crippen LogP contribution in [0.1, 0.15) is 72.3 Å². The van der Waals surface area contributed by atoms with E-state index in [1.54, 1.807) is 6.07 Å². The number of halogens is 2. The van der Waals surface area contributed by atoms with Crippen molar-refractivity contribution < 1.29 is 9.22 Å². The van der Waals surface area contributed by atoms with Gasteiger partial charge in [0, 0.05) is 28.5 Å². The van der Waals surface area contributed by atoms with Gasteiger partial charge in [0.1, 0.15) is 0 Å². The molecule has 1 aliphatic carbocycles. The Bertz CT molecular complexity index is 754. The van der Waals surface area contributed by atoms with Crippen molar-refractivity contribution in [1.29, 1.82) is 0 Å². The summed E-state index contributed by atoms with van der Waals surface area (Å²) in [7, 11) is -0.561. The van der Waals surface area contributed by atoms with Gasteiger partial charge in [-0.15, -0.1) is 0 Å². The van der Waals surface area contributed by atoms with E-state index in [9.17, 15) is 4.79 Å². The highest BCUT2D eigenvalue weighted by molar-refractivity contribution is 6.35. The maximum Gasteiger partial charge on any atom is 0.226 e. The summed E-state index contributed by atoms with van der Waals surface area (Å²) in [5.74, 6) is 0.934. The van der Waals surface area contributed by atoms with Gasteiger partial charge in [0.25, 0.3) is 0 Å². The third-order valence-corrected chi connectivity index (χ3v) is 9.17. The van der Waals surface area contributed by atoms with E-state index < -0.39 is 9.76 Å². The van der Waals surface area contributed by atoms with Crippen molar-refractivity contribution >= 4 is 38.9 Å². The van der Waals surface area contributed by atoms with E-state index in [2.05, 4.69) is 39.5 Å². The van der Waals surface area contributed by atoms with Crippen LogP contribution in [0.15, 0.2) is 18.2 Å². The van der Waals surface area contributed by atoms with Crippen LogP contribution in [0.5, 0.6) is 0 Å².